The van der Waals surface area contributed by atoms with Crippen molar-refractivity contribution in [3.8, 4) is 11.3 Å². The van der Waals surface area contributed by atoms with Gasteiger partial charge in [0, 0.05) is 30.3 Å². The number of hydrogen-bond acceptors (Lipinski definition) is 7. The van der Waals surface area contributed by atoms with Gasteiger partial charge in [-0.15, -0.1) is 10.2 Å². The molecule has 0 saturated carbocycles. The molecule has 26 heavy (non-hydrogen) atoms. The van der Waals surface area contributed by atoms with Crippen LogP contribution in [0.15, 0.2) is 46.1 Å². The number of sulfone groups is 1. The fourth-order valence-corrected chi connectivity index (χ4v) is 5.60. The molecule has 1 aliphatic rings. The Morgan fingerprint density at radius 3 is 2.81 bits per heavy atom. The summed E-state index contributed by atoms with van der Waals surface area (Å²) in [7, 11) is -1.06. The minimum atomic E-state index is -2.94. The first kappa shape index (κ1) is 17.3. The number of thioether (sulfide) groups is 1. The van der Waals surface area contributed by atoms with Crippen molar-refractivity contribution < 1.29 is 12.9 Å². The van der Waals surface area contributed by atoms with Gasteiger partial charge in [-0.05, 0) is 6.42 Å². The summed E-state index contributed by atoms with van der Waals surface area (Å²) in [4.78, 5) is 0. The molecule has 136 valence electrons. The molecule has 4 rings (SSSR count). The van der Waals surface area contributed by atoms with E-state index < -0.39 is 9.84 Å². The molecule has 0 amide bonds. The summed E-state index contributed by atoms with van der Waals surface area (Å²) in [6, 6.07) is 11.7. The molecule has 0 N–H and O–H groups in total. The van der Waals surface area contributed by atoms with Gasteiger partial charge >= 0.3 is 0 Å². The third kappa shape index (κ3) is 3.54. The Bertz CT molecular complexity index is 1010. The number of rotatable bonds is 5. The lowest BCUT2D eigenvalue weighted by molar-refractivity contribution is 0.426. The molecule has 1 aliphatic heterocycles. The van der Waals surface area contributed by atoms with Crippen LogP contribution in [0.3, 0.4) is 0 Å². The molecule has 1 fully saturated rings. The summed E-state index contributed by atoms with van der Waals surface area (Å²) >= 11 is 1.51. The highest BCUT2D eigenvalue weighted by Gasteiger charge is 2.32. The van der Waals surface area contributed by atoms with Crippen molar-refractivity contribution in [1.29, 1.82) is 0 Å². The first-order valence-corrected chi connectivity index (χ1v) is 11.1. The highest BCUT2D eigenvalue weighted by molar-refractivity contribution is 7.98. The Labute approximate surface area is 155 Å². The fraction of sp³-hybridized carbons (Fsp3) is 0.353. The predicted molar refractivity (Wildman–Crippen MR) is 98.5 cm³/mol. The van der Waals surface area contributed by atoms with E-state index in [1.165, 1.54) is 11.8 Å². The van der Waals surface area contributed by atoms with Crippen LogP contribution in [-0.2, 0) is 22.6 Å². The summed E-state index contributed by atoms with van der Waals surface area (Å²) in [5, 5.41) is 13.3. The molecule has 2 aromatic heterocycles. The molecule has 0 spiro atoms. The van der Waals surface area contributed by atoms with Gasteiger partial charge < -0.3 is 9.09 Å². The minimum Gasteiger partial charge on any atom is -0.356 e. The molecule has 1 atom stereocenters. The smallest absolute Gasteiger partial charge is 0.191 e. The third-order valence-corrected chi connectivity index (χ3v) is 7.25. The number of benzene rings is 1. The van der Waals surface area contributed by atoms with E-state index >= 15 is 0 Å². The molecule has 7 nitrogen and oxygen atoms in total. The van der Waals surface area contributed by atoms with Gasteiger partial charge in [0.25, 0.3) is 0 Å². The molecule has 1 aromatic carbocycles. The van der Waals surface area contributed by atoms with E-state index in [1.807, 2.05) is 48.0 Å². The zero-order chi connectivity index (χ0) is 18.1. The summed E-state index contributed by atoms with van der Waals surface area (Å²) in [5.41, 5.74) is 1.81. The molecule has 1 saturated heterocycles. The van der Waals surface area contributed by atoms with Gasteiger partial charge in [0.2, 0.25) is 0 Å². The second kappa shape index (κ2) is 6.88. The van der Waals surface area contributed by atoms with Crippen LogP contribution in [0.2, 0.25) is 0 Å². The highest BCUT2D eigenvalue weighted by atomic mass is 32.2. The van der Waals surface area contributed by atoms with Crippen LogP contribution in [0.4, 0.5) is 0 Å². The quantitative estimate of drug-likeness (QED) is 0.619. The molecule has 3 aromatic rings. The van der Waals surface area contributed by atoms with Gasteiger partial charge in [-0.2, -0.15) is 0 Å². The molecule has 0 radical (unpaired) electrons. The lowest BCUT2D eigenvalue weighted by atomic mass is 10.1. The maximum absolute atomic E-state index is 11.7. The van der Waals surface area contributed by atoms with Gasteiger partial charge in [0.05, 0.1) is 17.2 Å². The van der Waals surface area contributed by atoms with E-state index in [9.17, 15) is 8.42 Å². The van der Waals surface area contributed by atoms with E-state index in [0.717, 1.165) is 28.0 Å². The normalized spacial score (nSPS) is 19.0. The Balaban J connectivity index is 1.44. The zero-order valence-corrected chi connectivity index (χ0v) is 15.8. The lowest BCUT2D eigenvalue weighted by Crippen LogP contribution is -2.09. The van der Waals surface area contributed by atoms with Gasteiger partial charge in [0.15, 0.2) is 20.8 Å². The summed E-state index contributed by atoms with van der Waals surface area (Å²) in [6.07, 6.45) is 0.614. The lowest BCUT2D eigenvalue weighted by Gasteiger charge is -2.07. The molecule has 3 heterocycles. The van der Waals surface area contributed by atoms with Crippen LogP contribution in [0, 0.1) is 0 Å². The first-order chi connectivity index (χ1) is 12.5. The fourth-order valence-electron chi connectivity index (χ4n) is 3.06. The van der Waals surface area contributed by atoms with Crippen LogP contribution < -0.4 is 0 Å². The van der Waals surface area contributed by atoms with Crippen molar-refractivity contribution >= 4 is 21.6 Å². The van der Waals surface area contributed by atoms with Crippen LogP contribution in [0.5, 0.6) is 0 Å². The average molecular weight is 390 g/mol. The van der Waals surface area contributed by atoms with Gasteiger partial charge in [-0.3, -0.25) is 0 Å². The molecule has 0 bridgehead atoms. The molecular formula is C17H18N4O3S2. The van der Waals surface area contributed by atoms with Crippen molar-refractivity contribution in [2.75, 3.05) is 11.5 Å². The number of hydrogen-bond donors (Lipinski definition) is 0. The Kier molecular flexibility index (Phi) is 4.58. The predicted octanol–water partition coefficient (Wildman–Crippen LogP) is 2.66. The standard InChI is InChI=1S/C17H18N4O3S2/c1-21-16(13-7-8-26(22,23)11-13)18-19-17(21)25-10-14-9-15(24-20-14)12-5-3-2-4-6-12/h2-6,9,13H,7-8,10-11H2,1H3/t13-/m1/s1. The largest absolute Gasteiger partial charge is 0.356 e. The monoisotopic (exact) mass is 390 g/mol. The SMILES string of the molecule is Cn1c(SCc2cc(-c3ccccc3)on2)nnc1[C@@H]1CCS(=O)(=O)C1. The number of nitrogens with zero attached hydrogens (tertiary/aromatic N) is 4. The van der Waals surface area contributed by atoms with Gasteiger partial charge in [0.1, 0.15) is 5.82 Å². The van der Waals surface area contributed by atoms with E-state index in [2.05, 4.69) is 15.4 Å². The first-order valence-electron chi connectivity index (χ1n) is 8.25. The topological polar surface area (TPSA) is 90.9 Å². The van der Waals surface area contributed by atoms with Crippen LogP contribution in [0.1, 0.15) is 23.9 Å². The third-order valence-electron chi connectivity index (χ3n) is 4.43. The average Bonchev–Trinajstić information content (AvgIpc) is 3.33. The van der Waals surface area contributed by atoms with Crippen LogP contribution in [-0.4, -0.2) is 39.8 Å². The highest BCUT2D eigenvalue weighted by Crippen LogP contribution is 2.30. The second-order valence-corrected chi connectivity index (χ2v) is 9.51. The Hall–Kier alpha value is -2.13. The van der Waals surface area contributed by atoms with Crippen LogP contribution >= 0.6 is 11.8 Å². The van der Waals surface area contributed by atoms with E-state index in [-0.39, 0.29) is 17.4 Å². The summed E-state index contributed by atoms with van der Waals surface area (Å²) < 4.78 is 30.7. The summed E-state index contributed by atoms with van der Waals surface area (Å²) in [5.74, 6) is 2.39. The van der Waals surface area contributed by atoms with E-state index in [4.69, 9.17) is 4.52 Å². The van der Waals surface area contributed by atoms with Crippen molar-refractivity contribution in [2.24, 2.45) is 7.05 Å². The molecular weight excluding hydrogens is 372 g/mol. The molecule has 0 aliphatic carbocycles. The zero-order valence-electron chi connectivity index (χ0n) is 14.2. The Morgan fingerprint density at radius 1 is 1.27 bits per heavy atom. The second-order valence-electron chi connectivity index (χ2n) is 6.34. The van der Waals surface area contributed by atoms with Crippen molar-refractivity contribution in [2.45, 2.75) is 23.2 Å². The van der Waals surface area contributed by atoms with Crippen molar-refractivity contribution in [3.05, 3.63) is 47.9 Å². The molecule has 9 heteroatoms. The van der Waals surface area contributed by atoms with Gasteiger partial charge in [-0.25, -0.2) is 8.42 Å². The van der Waals surface area contributed by atoms with Crippen molar-refractivity contribution in [1.82, 2.24) is 19.9 Å². The summed E-state index contributed by atoms with van der Waals surface area (Å²) in [6.45, 7) is 0. The van der Waals surface area contributed by atoms with Crippen molar-refractivity contribution in [3.63, 3.8) is 0 Å². The van der Waals surface area contributed by atoms with Crippen LogP contribution in [0.25, 0.3) is 11.3 Å². The Morgan fingerprint density at radius 2 is 2.08 bits per heavy atom. The van der Waals surface area contributed by atoms with Gasteiger partial charge in [-0.1, -0.05) is 47.3 Å². The van der Waals surface area contributed by atoms with E-state index in [1.54, 1.807) is 0 Å². The minimum absolute atomic E-state index is 0.0661. The maximum atomic E-state index is 11.7. The number of aromatic nitrogens is 4. The molecule has 0 unspecified atom stereocenters. The maximum Gasteiger partial charge on any atom is 0.191 e. The van der Waals surface area contributed by atoms with E-state index in [0.29, 0.717) is 12.2 Å².